The van der Waals surface area contributed by atoms with Crippen molar-refractivity contribution in [3.63, 3.8) is 0 Å². The molecule has 0 aliphatic rings. The average molecular weight is 784 g/mol. The molecule has 0 saturated heterocycles. The van der Waals surface area contributed by atoms with E-state index in [1.807, 2.05) is 66.7 Å². The zero-order valence-electron chi connectivity index (χ0n) is 32.6. The van der Waals surface area contributed by atoms with Gasteiger partial charge in [-0.05, 0) is 60.7 Å². The van der Waals surface area contributed by atoms with E-state index in [0.717, 1.165) is 77.4 Å². The van der Waals surface area contributed by atoms with Crippen LogP contribution in [0, 0.1) is 0 Å². The summed E-state index contributed by atoms with van der Waals surface area (Å²) in [5, 5.41) is 13.8. The summed E-state index contributed by atoms with van der Waals surface area (Å²) in [6.07, 6.45) is 0. The van der Waals surface area contributed by atoms with Gasteiger partial charge < -0.3 is 13.6 Å². The minimum atomic E-state index is 0.443. The molecule has 0 amide bonds. The number of benzene rings is 8. The summed E-state index contributed by atoms with van der Waals surface area (Å²) in [5.74, 6) is 2.73. The average Bonchev–Trinajstić information content (AvgIpc) is 4.05. The Bertz CT molecular complexity index is 3530. The molecule has 0 saturated carbocycles. The van der Waals surface area contributed by atoms with Crippen LogP contribution in [0.15, 0.2) is 205 Å². The topological polar surface area (TPSA) is 87.5 Å². The van der Waals surface area contributed by atoms with Crippen molar-refractivity contribution >= 4 is 43.6 Å². The Kier molecular flexibility index (Phi) is 7.99. The highest BCUT2D eigenvalue weighted by Gasteiger charge is 2.19. The minimum absolute atomic E-state index is 0.443. The van der Waals surface area contributed by atoms with E-state index in [-0.39, 0.29) is 0 Å². The predicted octanol–water partition coefficient (Wildman–Crippen LogP) is 12.8. The molecule has 0 atom stereocenters. The van der Waals surface area contributed by atoms with Gasteiger partial charge in [0.25, 0.3) is 0 Å². The van der Waals surface area contributed by atoms with Crippen LogP contribution in [0.3, 0.4) is 0 Å². The molecule has 12 aromatic rings. The Labute approximate surface area is 349 Å². The molecule has 0 aliphatic carbocycles. The minimum Gasteiger partial charge on any atom is -0.416 e. The summed E-state index contributed by atoms with van der Waals surface area (Å²) in [7, 11) is 0. The fourth-order valence-corrected chi connectivity index (χ4v) is 8.52. The van der Waals surface area contributed by atoms with Crippen molar-refractivity contribution in [2.75, 3.05) is 0 Å². The normalized spacial score (nSPS) is 11.6. The van der Waals surface area contributed by atoms with Crippen LogP contribution in [-0.2, 0) is 0 Å². The molecule has 0 fully saturated rings. The third-order valence-electron chi connectivity index (χ3n) is 11.3. The van der Waals surface area contributed by atoms with Gasteiger partial charge in [0, 0.05) is 60.7 Å². The summed E-state index contributed by atoms with van der Waals surface area (Å²) < 4.78 is 11.1. The molecule has 4 aromatic heterocycles. The quantitative estimate of drug-likeness (QED) is 0.160. The number of fused-ring (bicyclic) bond motifs is 6. The first-order valence-electron chi connectivity index (χ1n) is 20.2. The Morgan fingerprint density at radius 3 is 1.25 bits per heavy atom. The van der Waals surface area contributed by atoms with Crippen LogP contribution >= 0.6 is 0 Å². The maximum atomic E-state index is 6.50. The van der Waals surface area contributed by atoms with Gasteiger partial charge in [-0.2, -0.15) is 0 Å². The standard InChI is InChI=1S/C53H33N7O/c1-4-15-34(16-5-1)49-54-50(35-17-6-2-7-18-35)56-51(55-49)36-19-14-22-40(31-36)60-46-26-13-11-24-42(46)44-30-28-38(33-48(44)60)53-58-57-52(61-53)37-27-29-43-41-23-10-12-25-45(41)59(47(43)32-37)39-20-8-3-9-21-39/h1-33H. The summed E-state index contributed by atoms with van der Waals surface area (Å²) in [6, 6.07) is 68.6. The van der Waals surface area contributed by atoms with Crippen LogP contribution in [0.4, 0.5) is 0 Å². The zero-order valence-corrected chi connectivity index (χ0v) is 32.6. The first-order valence-corrected chi connectivity index (χ1v) is 20.2. The van der Waals surface area contributed by atoms with Crippen molar-refractivity contribution in [2.45, 2.75) is 0 Å². The second kappa shape index (κ2) is 14.1. The van der Waals surface area contributed by atoms with Crippen LogP contribution in [-0.4, -0.2) is 34.3 Å². The maximum absolute atomic E-state index is 6.50. The lowest BCUT2D eigenvalue weighted by molar-refractivity contribution is 0.584. The Morgan fingerprint density at radius 1 is 0.295 bits per heavy atom. The third kappa shape index (κ3) is 5.88. The molecule has 0 radical (unpaired) electrons. The molecule has 0 aliphatic heterocycles. The molecule has 0 bridgehead atoms. The number of hydrogen-bond acceptors (Lipinski definition) is 6. The first-order chi connectivity index (χ1) is 30.2. The van der Waals surface area contributed by atoms with E-state index >= 15 is 0 Å². The molecule has 286 valence electrons. The smallest absolute Gasteiger partial charge is 0.248 e. The van der Waals surface area contributed by atoms with Crippen LogP contribution < -0.4 is 0 Å². The number of nitrogens with zero attached hydrogens (tertiary/aromatic N) is 7. The van der Waals surface area contributed by atoms with Crippen molar-refractivity contribution in [3.05, 3.63) is 200 Å². The summed E-state index contributed by atoms with van der Waals surface area (Å²) >= 11 is 0. The molecule has 12 rings (SSSR count). The predicted molar refractivity (Wildman–Crippen MR) is 244 cm³/mol. The van der Waals surface area contributed by atoms with Crippen molar-refractivity contribution in [3.8, 4) is 68.4 Å². The largest absolute Gasteiger partial charge is 0.416 e. The monoisotopic (exact) mass is 783 g/mol. The van der Waals surface area contributed by atoms with Crippen molar-refractivity contribution in [2.24, 2.45) is 0 Å². The molecule has 0 spiro atoms. The summed E-state index contributed by atoms with van der Waals surface area (Å²) in [4.78, 5) is 14.9. The molecular weight excluding hydrogens is 751 g/mol. The fourth-order valence-electron chi connectivity index (χ4n) is 8.52. The van der Waals surface area contributed by atoms with E-state index in [1.165, 1.54) is 5.39 Å². The van der Waals surface area contributed by atoms with Gasteiger partial charge in [-0.25, -0.2) is 15.0 Å². The van der Waals surface area contributed by atoms with Gasteiger partial charge in [-0.3, -0.25) is 0 Å². The second-order valence-electron chi connectivity index (χ2n) is 15.0. The Hall–Kier alpha value is -8.49. The van der Waals surface area contributed by atoms with E-state index < -0.39 is 0 Å². The lowest BCUT2D eigenvalue weighted by Crippen LogP contribution is -2.01. The van der Waals surface area contributed by atoms with Gasteiger partial charge in [-0.15, -0.1) is 10.2 Å². The third-order valence-corrected chi connectivity index (χ3v) is 11.3. The van der Waals surface area contributed by atoms with E-state index in [1.54, 1.807) is 0 Å². The first kappa shape index (κ1) is 34.5. The van der Waals surface area contributed by atoms with Gasteiger partial charge in [0.05, 0.1) is 22.1 Å². The molecular formula is C53H33N7O. The molecule has 61 heavy (non-hydrogen) atoms. The summed E-state index contributed by atoms with van der Waals surface area (Å²) in [5.41, 5.74) is 10.8. The molecule has 8 heteroatoms. The Morgan fingerprint density at radius 2 is 0.705 bits per heavy atom. The lowest BCUT2D eigenvalue weighted by atomic mass is 10.1. The Balaban J connectivity index is 0.965. The number of hydrogen-bond donors (Lipinski definition) is 0. The number of para-hydroxylation sites is 3. The van der Waals surface area contributed by atoms with Crippen LogP contribution in [0.5, 0.6) is 0 Å². The van der Waals surface area contributed by atoms with Crippen molar-refractivity contribution < 1.29 is 4.42 Å². The van der Waals surface area contributed by atoms with Gasteiger partial charge in [0.15, 0.2) is 17.5 Å². The molecule has 4 heterocycles. The van der Waals surface area contributed by atoms with Crippen molar-refractivity contribution in [1.29, 1.82) is 0 Å². The molecule has 0 unspecified atom stereocenters. The van der Waals surface area contributed by atoms with Crippen LogP contribution in [0.1, 0.15) is 0 Å². The van der Waals surface area contributed by atoms with Gasteiger partial charge >= 0.3 is 0 Å². The SMILES string of the molecule is c1ccc(-c2nc(-c3ccccc3)nc(-c3cccc(-n4c5ccccc5c5ccc(-c6nnc(-c7ccc8c9ccccc9n(-c9ccccc9)c8c7)o6)cc54)c3)n2)cc1. The highest BCUT2D eigenvalue weighted by atomic mass is 16.4. The van der Waals surface area contributed by atoms with Gasteiger partial charge in [-0.1, -0.05) is 140 Å². The molecule has 0 N–H and O–H groups in total. The van der Waals surface area contributed by atoms with Crippen LogP contribution in [0.2, 0.25) is 0 Å². The van der Waals surface area contributed by atoms with E-state index in [4.69, 9.17) is 19.4 Å². The fraction of sp³-hybridized carbons (Fsp3) is 0. The maximum Gasteiger partial charge on any atom is 0.248 e. The second-order valence-corrected chi connectivity index (χ2v) is 15.0. The van der Waals surface area contributed by atoms with E-state index in [9.17, 15) is 0 Å². The van der Waals surface area contributed by atoms with Gasteiger partial charge in [0.1, 0.15) is 0 Å². The van der Waals surface area contributed by atoms with E-state index in [2.05, 4.69) is 153 Å². The highest BCUT2D eigenvalue weighted by Crippen LogP contribution is 2.38. The highest BCUT2D eigenvalue weighted by molar-refractivity contribution is 6.11. The number of aromatic nitrogens is 7. The molecule has 8 nitrogen and oxygen atoms in total. The van der Waals surface area contributed by atoms with Crippen LogP contribution in [0.25, 0.3) is 112 Å². The van der Waals surface area contributed by atoms with Gasteiger partial charge in [0.2, 0.25) is 11.8 Å². The zero-order chi connectivity index (χ0) is 40.3. The van der Waals surface area contributed by atoms with E-state index in [0.29, 0.717) is 29.3 Å². The van der Waals surface area contributed by atoms with Crippen molar-refractivity contribution in [1.82, 2.24) is 34.3 Å². The number of rotatable bonds is 7. The summed E-state index contributed by atoms with van der Waals surface area (Å²) in [6.45, 7) is 0. The lowest BCUT2D eigenvalue weighted by Gasteiger charge is -2.12. The molecule has 8 aromatic carbocycles.